The van der Waals surface area contributed by atoms with Gasteiger partial charge in [0.2, 0.25) is 5.88 Å². The molecular formula is C36H39FN4O5. The van der Waals surface area contributed by atoms with Gasteiger partial charge in [0, 0.05) is 41.0 Å². The molecule has 9 nitrogen and oxygen atoms in total. The molecule has 6 rings (SSSR count). The zero-order valence-electron chi connectivity index (χ0n) is 27.0. The van der Waals surface area contributed by atoms with Crippen molar-refractivity contribution in [2.75, 3.05) is 13.7 Å². The lowest BCUT2D eigenvalue weighted by Crippen LogP contribution is -2.27. The quantitative estimate of drug-likeness (QED) is 0.180. The molecule has 5 aromatic rings. The third-order valence-corrected chi connectivity index (χ3v) is 6.87. The van der Waals surface area contributed by atoms with Gasteiger partial charge in [-0.3, -0.25) is 4.98 Å². The number of rotatable bonds is 5. The van der Waals surface area contributed by atoms with Crippen LogP contribution in [0.5, 0.6) is 11.6 Å². The molecule has 0 radical (unpaired) electrons. The molecule has 0 unspecified atom stereocenters. The molecule has 0 atom stereocenters. The second kappa shape index (κ2) is 15.8. The molecule has 46 heavy (non-hydrogen) atoms. The van der Waals surface area contributed by atoms with E-state index in [9.17, 15) is 9.32 Å². The van der Waals surface area contributed by atoms with Gasteiger partial charge in [-0.1, -0.05) is 31.9 Å². The predicted molar refractivity (Wildman–Crippen MR) is 176 cm³/mol. The minimum atomic E-state index is -0.592. The standard InChI is InChI=1S/C25H25N3O3.C9H8FNO2.C2H6/c1-25(2,3)31-24(29)28-21-11-12-26-15-20(21)19-9-7-16(13-22(19)28)17-8-10-23(27-14-17)30-18-5-4-6-18;1-12-9-5-4-8(11-7-9)3-2-6-13-10;1-2/h7-15,18H,4-6H2,1-3H3;4-5,7H,6H2,1H3;1-2H3. The molecule has 0 amide bonds. The first kappa shape index (κ1) is 33.9. The Labute approximate surface area is 268 Å². The number of ether oxygens (including phenoxy) is 3. The van der Waals surface area contributed by atoms with Crippen molar-refractivity contribution in [3.63, 3.8) is 0 Å². The predicted octanol–water partition coefficient (Wildman–Crippen LogP) is 8.34. The molecule has 4 heterocycles. The minimum Gasteiger partial charge on any atom is -0.495 e. The summed E-state index contributed by atoms with van der Waals surface area (Å²) in [6.07, 6.45) is 10.2. The van der Waals surface area contributed by atoms with Gasteiger partial charge in [-0.25, -0.2) is 19.3 Å². The highest BCUT2D eigenvalue weighted by Crippen LogP contribution is 2.33. The van der Waals surface area contributed by atoms with Crippen LogP contribution in [-0.2, 0) is 9.68 Å². The number of benzene rings is 1. The zero-order chi connectivity index (χ0) is 33.1. The molecule has 0 spiro atoms. The summed E-state index contributed by atoms with van der Waals surface area (Å²) < 4.78 is 29.3. The van der Waals surface area contributed by atoms with E-state index in [0.29, 0.717) is 23.4 Å². The third kappa shape index (κ3) is 8.58. The van der Waals surface area contributed by atoms with Crippen LogP contribution in [0.2, 0.25) is 0 Å². The molecular weight excluding hydrogens is 587 g/mol. The molecule has 1 aromatic carbocycles. The van der Waals surface area contributed by atoms with E-state index in [1.165, 1.54) is 6.42 Å². The second-order valence-corrected chi connectivity index (χ2v) is 11.1. The SMILES string of the molecule is CC.CC(C)(C)OC(=O)n1c2ccncc2c2ccc(-c3ccc(OC4CCC4)nc3)cc21.COc1ccc(C#CCOF)nc1. The molecule has 0 aliphatic heterocycles. The van der Waals surface area contributed by atoms with E-state index in [-0.39, 0.29) is 6.61 Å². The number of hydrogen-bond acceptors (Lipinski definition) is 8. The van der Waals surface area contributed by atoms with Crippen molar-refractivity contribution in [1.29, 1.82) is 0 Å². The maximum atomic E-state index is 13.1. The highest BCUT2D eigenvalue weighted by molar-refractivity contribution is 6.13. The van der Waals surface area contributed by atoms with Crippen molar-refractivity contribution in [2.45, 2.75) is 65.6 Å². The van der Waals surface area contributed by atoms with Gasteiger partial charge in [0.25, 0.3) is 0 Å². The number of carbonyl (C=O) groups is 1. The monoisotopic (exact) mass is 626 g/mol. The lowest BCUT2D eigenvalue weighted by Gasteiger charge is -2.25. The van der Waals surface area contributed by atoms with Crippen molar-refractivity contribution in [3.8, 4) is 34.6 Å². The van der Waals surface area contributed by atoms with E-state index in [0.717, 1.165) is 45.8 Å². The summed E-state index contributed by atoms with van der Waals surface area (Å²) in [6.45, 7) is 9.35. The number of hydrogen-bond donors (Lipinski definition) is 0. The topological polar surface area (TPSA) is 97.6 Å². The normalized spacial score (nSPS) is 12.4. The molecule has 4 aromatic heterocycles. The van der Waals surface area contributed by atoms with Crippen LogP contribution in [0.15, 0.2) is 73.3 Å². The van der Waals surface area contributed by atoms with Gasteiger partial charge in [0.05, 0.1) is 24.3 Å². The highest BCUT2D eigenvalue weighted by atomic mass is 19.3. The Morgan fingerprint density at radius 3 is 2.35 bits per heavy atom. The molecule has 0 bridgehead atoms. The van der Waals surface area contributed by atoms with Crippen molar-refractivity contribution >= 4 is 27.9 Å². The summed E-state index contributed by atoms with van der Waals surface area (Å²) in [5, 5.41) is 1.87. The molecule has 1 saturated carbocycles. The Morgan fingerprint density at radius 2 is 1.74 bits per heavy atom. The first-order valence-corrected chi connectivity index (χ1v) is 15.2. The van der Waals surface area contributed by atoms with Gasteiger partial charge < -0.3 is 14.2 Å². The maximum Gasteiger partial charge on any atom is 0.419 e. The molecule has 10 heteroatoms. The fraction of sp³-hybridized carbons (Fsp3) is 0.333. The summed E-state index contributed by atoms with van der Waals surface area (Å²) in [7, 11) is 1.55. The van der Waals surface area contributed by atoms with Crippen LogP contribution in [0.3, 0.4) is 0 Å². The van der Waals surface area contributed by atoms with Gasteiger partial charge >= 0.3 is 6.09 Å². The number of pyridine rings is 3. The zero-order valence-corrected chi connectivity index (χ0v) is 27.0. The molecule has 1 aliphatic carbocycles. The largest absolute Gasteiger partial charge is 0.495 e. The summed E-state index contributed by atoms with van der Waals surface area (Å²) in [4.78, 5) is 29.0. The number of nitrogens with zero attached hydrogens (tertiary/aromatic N) is 4. The van der Waals surface area contributed by atoms with E-state index in [1.54, 1.807) is 42.4 Å². The molecule has 0 N–H and O–H groups in total. The number of fused-ring (bicyclic) bond motifs is 3. The van der Waals surface area contributed by atoms with Crippen molar-refractivity contribution in [1.82, 2.24) is 19.5 Å². The number of carbonyl (C=O) groups excluding carboxylic acids is 1. The summed E-state index contributed by atoms with van der Waals surface area (Å²) in [5.41, 5.74) is 3.45. The summed E-state index contributed by atoms with van der Waals surface area (Å²) >= 11 is 0. The smallest absolute Gasteiger partial charge is 0.419 e. The van der Waals surface area contributed by atoms with Gasteiger partial charge in [-0.05, 0) is 86.4 Å². The Morgan fingerprint density at radius 1 is 0.957 bits per heavy atom. The van der Waals surface area contributed by atoms with Gasteiger partial charge in [0.15, 0.2) is 0 Å². The van der Waals surface area contributed by atoms with E-state index >= 15 is 0 Å². The van der Waals surface area contributed by atoms with Crippen molar-refractivity contribution in [3.05, 3.63) is 79.0 Å². The first-order chi connectivity index (χ1) is 22.3. The second-order valence-electron chi connectivity index (χ2n) is 11.1. The maximum absolute atomic E-state index is 13.1. The van der Waals surface area contributed by atoms with Crippen molar-refractivity contribution in [2.24, 2.45) is 0 Å². The van der Waals surface area contributed by atoms with E-state index < -0.39 is 11.7 Å². The lowest BCUT2D eigenvalue weighted by atomic mass is 9.96. The van der Waals surface area contributed by atoms with Gasteiger partial charge in [0.1, 0.15) is 29.8 Å². The average Bonchev–Trinajstić information content (AvgIpc) is 3.38. The number of methoxy groups -OCH3 is 1. The number of aromatic nitrogens is 4. The van der Waals surface area contributed by atoms with Crippen LogP contribution in [-0.4, -0.2) is 51.0 Å². The average molecular weight is 627 g/mol. The summed E-state index contributed by atoms with van der Waals surface area (Å²) in [6, 6.07) is 15.2. The first-order valence-electron chi connectivity index (χ1n) is 15.2. The van der Waals surface area contributed by atoms with Crippen LogP contribution >= 0.6 is 0 Å². The minimum absolute atomic E-state index is 0.242. The Balaban J connectivity index is 0.000000269. The summed E-state index contributed by atoms with van der Waals surface area (Å²) in [5.74, 6) is 6.37. The van der Waals surface area contributed by atoms with E-state index in [4.69, 9.17) is 14.2 Å². The van der Waals surface area contributed by atoms with Crippen molar-refractivity contribution < 1.29 is 28.5 Å². The van der Waals surface area contributed by atoms with Crippen LogP contribution in [0.4, 0.5) is 9.32 Å². The fourth-order valence-corrected chi connectivity index (χ4v) is 4.56. The van der Waals surface area contributed by atoms with E-state index in [2.05, 4.69) is 31.7 Å². The molecule has 1 fully saturated rings. The fourth-order valence-electron chi connectivity index (χ4n) is 4.56. The Hall–Kier alpha value is -5.01. The van der Waals surface area contributed by atoms with Crippen LogP contribution in [0.1, 0.15) is 59.6 Å². The highest BCUT2D eigenvalue weighted by Gasteiger charge is 2.23. The van der Waals surface area contributed by atoms with Crippen LogP contribution < -0.4 is 9.47 Å². The molecule has 1 aliphatic rings. The third-order valence-electron chi connectivity index (χ3n) is 6.87. The van der Waals surface area contributed by atoms with Gasteiger partial charge in [-0.2, -0.15) is 4.94 Å². The number of halogens is 1. The van der Waals surface area contributed by atoms with Crippen LogP contribution in [0, 0.1) is 11.8 Å². The molecule has 240 valence electrons. The lowest BCUT2D eigenvalue weighted by molar-refractivity contribution is -0.115. The van der Waals surface area contributed by atoms with Crippen LogP contribution in [0.25, 0.3) is 32.9 Å². The van der Waals surface area contributed by atoms with E-state index in [1.807, 2.05) is 77.2 Å². The Bertz CT molecular complexity index is 1800. The molecule has 0 saturated heterocycles. The van der Waals surface area contributed by atoms with Gasteiger partial charge in [-0.15, -0.1) is 0 Å². The Kier molecular flexibility index (Phi) is 11.7.